The van der Waals surface area contributed by atoms with E-state index in [4.69, 9.17) is 0 Å². The van der Waals surface area contributed by atoms with E-state index < -0.39 is 0 Å². The van der Waals surface area contributed by atoms with E-state index in [1.165, 1.54) is 5.56 Å². The summed E-state index contributed by atoms with van der Waals surface area (Å²) in [6.45, 7) is 2.63. The van der Waals surface area contributed by atoms with Crippen LogP contribution in [0.15, 0.2) is 53.0 Å². The van der Waals surface area contributed by atoms with Gasteiger partial charge in [-0.25, -0.2) is 0 Å². The summed E-state index contributed by atoms with van der Waals surface area (Å²) in [5.41, 5.74) is 2.99. The first-order valence-corrected chi connectivity index (χ1v) is 7.10. The summed E-state index contributed by atoms with van der Waals surface area (Å²) >= 11 is 3.53. The SMILES string of the molecule is CCC(=O)c1ccc(NCc2ccccc2Br)cc1. The maximum Gasteiger partial charge on any atom is 0.162 e. The lowest BCUT2D eigenvalue weighted by Gasteiger charge is -2.08. The molecule has 2 aromatic carbocycles. The molecule has 2 aromatic rings. The van der Waals surface area contributed by atoms with Gasteiger partial charge in [-0.15, -0.1) is 0 Å². The van der Waals surface area contributed by atoms with Crippen LogP contribution in [0.5, 0.6) is 0 Å². The number of rotatable bonds is 5. The highest BCUT2D eigenvalue weighted by molar-refractivity contribution is 9.10. The second-order valence-corrected chi connectivity index (χ2v) is 5.15. The molecule has 1 N–H and O–H groups in total. The average molecular weight is 318 g/mol. The fourth-order valence-corrected chi connectivity index (χ4v) is 2.24. The van der Waals surface area contributed by atoms with Crippen molar-refractivity contribution in [1.82, 2.24) is 0 Å². The molecular formula is C16H16BrNO. The fraction of sp³-hybridized carbons (Fsp3) is 0.188. The van der Waals surface area contributed by atoms with Crippen LogP contribution < -0.4 is 5.32 Å². The van der Waals surface area contributed by atoms with Gasteiger partial charge in [-0.3, -0.25) is 4.79 Å². The van der Waals surface area contributed by atoms with Crippen molar-refractivity contribution in [3.63, 3.8) is 0 Å². The molecular weight excluding hydrogens is 302 g/mol. The Hall–Kier alpha value is -1.61. The van der Waals surface area contributed by atoms with Crippen LogP contribution in [0.25, 0.3) is 0 Å². The van der Waals surface area contributed by atoms with E-state index in [-0.39, 0.29) is 5.78 Å². The minimum absolute atomic E-state index is 0.178. The van der Waals surface area contributed by atoms with E-state index in [1.54, 1.807) is 0 Å². The van der Waals surface area contributed by atoms with Gasteiger partial charge in [0.2, 0.25) is 0 Å². The van der Waals surface area contributed by atoms with Crippen molar-refractivity contribution in [3.05, 3.63) is 64.1 Å². The molecule has 0 atom stereocenters. The number of ketones is 1. The van der Waals surface area contributed by atoms with Gasteiger partial charge in [0.15, 0.2) is 5.78 Å². The first kappa shape index (κ1) is 13.8. The molecule has 0 saturated heterocycles. The van der Waals surface area contributed by atoms with Gasteiger partial charge in [0, 0.05) is 28.7 Å². The van der Waals surface area contributed by atoms with E-state index >= 15 is 0 Å². The molecule has 0 heterocycles. The Balaban J connectivity index is 2.01. The molecule has 0 fully saturated rings. The van der Waals surface area contributed by atoms with E-state index in [2.05, 4.69) is 27.3 Å². The van der Waals surface area contributed by atoms with Crippen LogP contribution in [-0.4, -0.2) is 5.78 Å². The summed E-state index contributed by atoms with van der Waals surface area (Å²) in [6, 6.07) is 15.7. The molecule has 2 rings (SSSR count). The number of hydrogen-bond donors (Lipinski definition) is 1. The Morgan fingerprint density at radius 3 is 2.42 bits per heavy atom. The van der Waals surface area contributed by atoms with Crippen molar-refractivity contribution in [2.24, 2.45) is 0 Å². The molecule has 0 radical (unpaired) electrons. The van der Waals surface area contributed by atoms with Crippen molar-refractivity contribution in [3.8, 4) is 0 Å². The predicted octanol–water partition coefficient (Wildman–Crippen LogP) is 4.65. The molecule has 0 aliphatic rings. The number of Topliss-reactive ketones (excluding diaryl/α,β-unsaturated/α-hetero) is 1. The van der Waals surface area contributed by atoms with Crippen molar-refractivity contribution < 1.29 is 4.79 Å². The standard InChI is InChI=1S/C16H16BrNO/c1-2-16(19)12-7-9-14(10-8-12)18-11-13-5-3-4-6-15(13)17/h3-10,18H,2,11H2,1H3. The number of nitrogens with one attached hydrogen (secondary N) is 1. The number of halogens is 1. The molecule has 2 nitrogen and oxygen atoms in total. The number of anilines is 1. The number of carbonyl (C=O) groups excluding carboxylic acids is 1. The van der Waals surface area contributed by atoms with Gasteiger partial charge in [0.25, 0.3) is 0 Å². The zero-order valence-corrected chi connectivity index (χ0v) is 12.4. The smallest absolute Gasteiger partial charge is 0.162 e. The largest absolute Gasteiger partial charge is 0.381 e. The van der Waals surface area contributed by atoms with Gasteiger partial charge < -0.3 is 5.32 Å². The van der Waals surface area contributed by atoms with E-state index in [0.717, 1.165) is 22.3 Å². The fourth-order valence-electron chi connectivity index (χ4n) is 1.82. The molecule has 0 spiro atoms. The Bertz CT molecular complexity index is 563. The van der Waals surface area contributed by atoms with Crippen LogP contribution in [0.1, 0.15) is 29.3 Å². The number of benzene rings is 2. The maximum atomic E-state index is 11.5. The Kier molecular flexibility index (Phi) is 4.74. The third kappa shape index (κ3) is 3.67. The van der Waals surface area contributed by atoms with Crippen molar-refractivity contribution in [1.29, 1.82) is 0 Å². The zero-order chi connectivity index (χ0) is 13.7. The maximum absolute atomic E-state index is 11.5. The van der Waals surface area contributed by atoms with Gasteiger partial charge >= 0.3 is 0 Å². The molecule has 0 aliphatic carbocycles. The van der Waals surface area contributed by atoms with Gasteiger partial charge in [-0.05, 0) is 35.9 Å². The third-order valence-electron chi connectivity index (χ3n) is 2.97. The summed E-state index contributed by atoms with van der Waals surface area (Å²) in [7, 11) is 0. The number of hydrogen-bond acceptors (Lipinski definition) is 2. The summed E-state index contributed by atoms with van der Waals surface area (Å²) in [4.78, 5) is 11.5. The Labute approximate surface area is 122 Å². The monoisotopic (exact) mass is 317 g/mol. The second-order valence-electron chi connectivity index (χ2n) is 4.30. The first-order valence-electron chi connectivity index (χ1n) is 6.31. The van der Waals surface area contributed by atoms with Gasteiger partial charge in [-0.2, -0.15) is 0 Å². The molecule has 0 unspecified atom stereocenters. The molecule has 0 aromatic heterocycles. The molecule has 19 heavy (non-hydrogen) atoms. The predicted molar refractivity (Wildman–Crippen MR) is 82.5 cm³/mol. The van der Waals surface area contributed by atoms with Crippen LogP contribution in [0, 0.1) is 0 Å². The molecule has 98 valence electrons. The summed E-state index contributed by atoms with van der Waals surface area (Å²) in [5.74, 6) is 0.178. The van der Waals surface area contributed by atoms with Crippen LogP contribution in [0.3, 0.4) is 0 Å². The van der Waals surface area contributed by atoms with E-state index in [9.17, 15) is 4.79 Å². The highest BCUT2D eigenvalue weighted by atomic mass is 79.9. The van der Waals surface area contributed by atoms with E-state index in [0.29, 0.717) is 6.42 Å². The van der Waals surface area contributed by atoms with Crippen LogP contribution in [0.4, 0.5) is 5.69 Å². The Morgan fingerprint density at radius 1 is 1.11 bits per heavy atom. The highest BCUT2D eigenvalue weighted by Gasteiger charge is 2.03. The second kappa shape index (κ2) is 6.53. The third-order valence-corrected chi connectivity index (χ3v) is 3.74. The Morgan fingerprint density at radius 2 is 1.79 bits per heavy atom. The van der Waals surface area contributed by atoms with Crippen LogP contribution >= 0.6 is 15.9 Å². The quantitative estimate of drug-likeness (QED) is 0.813. The van der Waals surface area contributed by atoms with Crippen molar-refractivity contribution >= 4 is 27.4 Å². The van der Waals surface area contributed by atoms with Crippen molar-refractivity contribution in [2.45, 2.75) is 19.9 Å². The molecule has 0 aliphatic heterocycles. The molecule has 3 heteroatoms. The van der Waals surface area contributed by atoms with Gasteiger partial charge in [0.1, 0.15) is 0 Å². The molecule has 0 amide bonds. The minimum Gasteiger partial charge on any atom is -0.381 e. The average Bonchev–Trinajstić information content (AvgIpc) is 2.46. The minimum atomic E-state index is 0.178. The highest BCUT2D eigenvalue weighted by Crippen LogP contribution is 2.18. The van der Waals surface area contributed by atoms with Crippen molar-refractivity contribution in [2.75, 3.05) is 5.32 Å². The first-order chi connectivity index (χ1) is 9.20. The molecule has 0 saturated carbocycles. The lowest BCUT2D eigenvalue weighted by atomic mass is 10.1. The van der Waals surface area contributed by atoms with Gasteiger partial charge in [0.05, 0.1) is 0 Å². The normalized spacial score (nSPS) is 10.2. The van der Waals surface area contributed by atoms with Crippen LogP contribution in [0.2, 0.25) is 0 Å². The lowest BCUT2D eigenvalue weighted by molar-refractivity contribution is 0.0988. The molecule has 0 bridgehead atoms. The summed E-state index contributed by atoms with van der Waals surface area (Å²) in [6.07, 6.45) is 0.545. The van der Waals surface area contributed by atoms with Gasteiger partial charge in [-0.1, -0.05) is 41.1 Å². The topological polar surface area (TPSA) is 29.1 Å². The van der Waals surface area contributed by atoms with Crippen LogP contribution in [-0.2, 0) is 6.54 Å². The summed E-state index contributed by atoms with van der Waals surface area (Å²) in [5, 5.41) is 3.34. The van der Waals surface area contributed by atoms with E-state index in [1.807, 2.05) is 49.4 Å². The lowest BCUT2D eigenvalue weighted by Crippen LogP contribution is -2.01. The summed E-state index contributed by atoms with van der Waals surface area (Å²) < 4.78 is 1.10. The number of carbonyl (C=O) groups is 1. The zero-order valence-electron chi connectivity index (χ0n) is 10.8.